The number of aryl methyl sites for hydroxylation is 1. The molecule has 1 heterocycles. The summed E-state index contributed by atoms with van der Waals surface area (Å²) in [6, 6.07) is 19.5. The zero-order valence-corrected chi connectivity index (χ0v) is 18.2. The molecule has 0 amide bonds. The maximum Gasteiger partial charge on any atom is 0.313 e. The molecule has 1 saturated carbocycles. The molecule has 2 aliphatic rings. The van der Waals surface area contributed by atoms with Gasteiger partial charge >= 0.3 is 11.9 Å². The SMILES string of the molecule is N#Cc1ccc([C@H]2OC(=O)C[C@@H]2C(=O)OC2CCC(CCCc3ccccc3)CC2)cc1. The molecule has 0 radical (unpaired) electrons. The molecule has 2 aromatic rings. The summed E-state index contributed by atoms with van der Waals surface area (Å²) in [5, 5.41) is 8.97. The van der Waals surface area contributed by atoms with Crippen LogP contribution >= 0.6 is 0 Å². The van der Waals surface area contributed by atoms with E-state index in [2.05, 4.69) is 30.3 Å². The average molecular weight is 432 g/mol. The number of esters is 2. The number of rotatable bonds is 7. The topological polar surface area (TPSA) is 76.4 Å². The highest BCUT2D eigenvalue weighted by atomic mass is 16.6. The minimum Gasteiger partial charge on any atom is -0.462 e. The van der Waals surface area contributed by atoms with Crippen LogP contribution in [0.15, 0.2) is 54.6 Å². The van der Waals surface area contributed by atoms with Crippen LogP contribution in [0.2, 0.25) is 0 Å². The monoisotopic (exact) mass is 431 g/mol. The zero-order chi connectivity index (χ0) is 22.3. The van der Waals surface area contributed by atoms with E-state index in [0.29, 0.717) is 11.5 Å². The zero-order valence-electron chi connectivity index (χ0n) is 18.2. The van der Waals surface area contributed by atoms with Crippen LogP contribution in [0.25, 0.3) is 0 Å². The molecule has 1 saturated heterocycles. The largest absolute Gasteiger partial charge is 0.462 e. The quantitative estimate of drug-likeness (QED) is 0.557. The van der Waals surface area contributed by atoms with E-state index in [1.165, 1.54) is 18.4 Å². The highest BCUT2D eigenvalue weighted by Crippen LogP contribution is 2.38. The van der Waals surface area contributed by atoms with Crippen LogP contribution in [-0.2, 0) is 25.5 Å². The number of benzene rings is 2. The lowest BCUT2D eigenvalue weighted by molar-refractivity contribution is -0.158. The number of carbonyl (C=O) groups is 2. The van der Waals surface area contributed by atoms with Crippen molar-refractivity contribution in [2.24, 2.45) is 11.8 Å². The minimum atomic E-state index is -0.642. The second kappa shape index (κ2) is 10.5. The number of hydrogen-bond donors (Lipinski definition) is 0. The van der Waals surface area contributed by atoms with Crippen molar-refractivity contribution in [3.8, 4) is 6.07 Å². The molecule has 1 aliphatic heterocycles. The summed E-state index contributed by atoms with van der Waals surface area (Å²) in [7, 11) is 0. The van der Waals surface area contributed by atoms with Gasteiger partial charge in [-0.3, -0.25) is 9.59 Å². The first-order valence-electron chi connectivity index (χ1n) is 11.6. The molecular weight excluding hydrogens is 402 g/mol. The number of nitriles is 1. The van der Waals surface area contributed by atoms with E-state index < -0.39 is 12.0 Å². The van der Waals surface area contributed by atoms with Gasteiger partial charge in [-0.1, -0.05) is 48.9 Å². The second-order valence-electron chi connectivity index (χ2n) is 8.91. The fourth-order valence-electron chi connectivity index (χ4n) is 4.84. The fourth-order valence-corrected chi connectivity index (χ4v) is 4.84. The molecule has 5 nitrogen and oxygen atoms in total. The Morgan fingerprint density at radius 3 is 2.44 bits per heavy atom. The Kier molecular flexibility index (Phi) is 7.21. The minimum absolute atomic E-state index is 0.0400. The Balaban J connectivity index is 1.24. The van der Waals surface area contributed by atoms with Crippen molar-refractivity contribution in [2.75, 3.05) is 0 Å². The van der Waals surface area contributed by atoms with Gasteiger partial charge in [-0.25, -0.2) is 0 Å². The molecule has 2 atom stereocenters. The lowest BCUT2D eigenvalue weighted by Gasteiger charge is -2.29. The van der Waals surface area contributed by atoms with Gasteiger partial charge in [-0.15, -0.1) is 0 Å². The molecular formula is C27H29NO4. The molecule has 2 fully saturated rings. The van der Waals surface area contributed by atoms with Gasteiger partial charge in [-0.2, -0.15) is 5.26 Å². The lowest BCUT2D eigenvalue weighted by atomic mass is 9.84. The van der Waals surface area contributed by atoms with E-state index in [1.54, 1.807) is 24.3 Å². The van der Waals surface area contributed by atoms with Crippen LogP contribution in [0.1, 0.15) is 67.7 Å². The first-order valence-corrected chi connectivity index (χ1v) is 11.6. The van der Waals surface area contributed by atoms with E-state index in [9.17, 15) is 9.59 Å². The second-order valence-corrected chi connectivity index (χ2v) is 8.91. The maximum atomic E-state index is 12.9. The van der Waals surface area contributed by atoms with Crippen LogP contribution < -0.4 is 0 Å². The molecule has 0 aromatic heterocycles. The Hall–Kier alpha value is -3.13. The van der Waals surface area contributed by atoms with E-state index in [0.717, 1.165) is 37.7 Å². The Morgan fingerprint density at radius 1 is 1.03 bits per heavy atom. The van der Waals surface area contributed by atoms with Crippen molar-refractivity contribution in [3.05, 3.63) is 71.3 Å². The predicted octanol–water partition coefficient (Wildman–Crippen LogP) is 5.29. The third-order valence-electron chi connectivity index (χ3n) is 6.68. The van der Waals surface area contributed by atoms with E-state index in [1.807, 2.05) is 6.07 Å². The summed E-state index contributed by atoms with van der Waals surface area (Å²) in [5.41, 5.74) is 2.64. The highest BCUT2D eigenvalue weighted by Gasteiger charge is 2.42. The third kappa shape index (κ3) is 5.56. The van der Waals surface area contributed by atoms with Gasteiger partial charge in [0.15, 0.2) is 0 Å². The van der Waals surface area contributed by atoms with Gasteiger partial charge in [0, 0.05) is 0 Å². The third-order valence-corrected chi connectivity index (χ3v) is 6.68. The molecule has 32 heavy (non-hydrogen) atoms. The number of carbonyl (C=O) groups excluding carboxylic acids is 2. The van der Waals surface area contributed by atoms with Crippen LogP contribution in [0.5, 0.6) is 0 Å². The molecule has 0 N–H and O–H groups in total. The lowest BCUT2D eigenvalue weighted by Crippen LogP contribution is -2.29. The van der Waals surface area contributed by atoms with Crippen molar-refractivity contribution < 1.29 is 19.1 Å². The van der Waals surface area contributed by atoms with E-state index in [-0.39, 0.29) is 24.5 Å². The Morgan fingerprint density at radius 2 is 1.75 bits per heavy atom. The predicted molar refractivity (Wildman–Crippen MR) is 119 cm³/mol. The molecule has 0 bridgehead atoms. The number of hydrogen-bond acceptors (Lipinski definition) is 5. The van der Waals surface area contributed by atoms with Crippen molar-refractivity contribution in [1.82, 2.24) is 0 Å². The van der Waals surface area contributed by atoms with Gasteiger partial charge in [0.2, 0.25) is 0 Å². The van der Waals surface area contributed by atoms with Crippen molar-refractivity contribution in [1.29, 1.82) is 5.26 Å². The average Bonchev–Trinajstić information content (AvgIpc) is 3.23. The van der Waals surface area contributed by atoms with Crippen LogP contribution in [0, 0.1) is 23.2 Å². The van der Waals surface area contributed by atoms with Gasteiger partial charge in [0.25, 0.3) is 0 Å². The maximum absolute atomic E-state index is 12.9. The summed E-state index contributed by atoms with van der Waals surface area (Å²) in [6.07, 6.45) is 6.74. The Labute approximate surface area is 189 Å². The van der Waals surface area contributed by atoms with Gasteiger partial charge in [0.1, 0.15) is 18.1 Å². The molecule has 2 aromatic carbocycles. The van der Waals surface area contributed by atoms with E-state index >= 15 is 0 Å². The molecule has 5 heteroatoms. The van der Waals surface area contributed by atoms with Crippen LogP contribution in [-0.4, -0.2) is 18.0 Å². The van der Waals surface area contributed by atoms with Gasteiger partial charge in [0.05, 0.1) is 18.1 Å². The van der Waals surface area contributed by atoms with E-state index in [4.69, 9.17) is 14.7 Å². The van der Waals surface area contributed by atoms with Crippen LogP contribution in [0.4, 0.5) is 0 Å². The summed E-state index contributed by atoms with van der Waals surface area (Å²) in [6.45, 7) is 0. The van der Waals surface area contributed by atoms with Gasteiger partial charge in [-0.05, 0) is 67.7 Å². The molecule has 0 spiro atoms. The van der Waals surface area contributed by atoms with Crippen molar-refractivity contribution in [2.45, 2.75) is 63.6 Å². The summed E-state index contributed by atoms with van der Waals surface area (Å²) in [5.74, 6) is -0.670. The Bertz CT molecular complexity index is 955. The number of nitrogens with zero attached hydrogens (tertiary/aromatic N) is 1. The summed E-state index contributed by atoms with van der Waals surface area (Å²) < 4.78 is 11.2. The summed E-state index contributed by atoms with van der Waals surface area (Å²) in [4.78, 5) is 24.8. The standard InChI is InChI=1S/C27H29NO4/c28-18-21-9-13-22(14-10-21)26-24(17-25(29)32-26)27(30)31-23-15-11-20(12-16-23)8-4-7-19-5-2-1-3-6-19/h1-3,5-6,9-10,13-14,20,23-24,26H,4,7-8,11-12,15-17H2/t20?,23?,24-,26+/m0/s1. The molecule has 1 aliphatic carbocycles. The first-order chi connectivity index (χ1) is 15.6. The number of ether oxygens (including phenoxy) is 2. The molecule has 166 valence electrons. The van der Waals surface area contributed by atoms with Gasteiger partial charge < -0.3 is 9.47 Å². The van der Waals surface area contributed by atoms with Crippen molar-refractivity contribution >= 4 is 11.9 Å². The molecule has 4 rings (SSSR count). The smallest absolute Gasteiger partial charge is 0.313 e. The summed E-state index contributed by atoms with van der Waals surface area (Å²) >= 11 is 0. The van der Waals surface area contributed by atoms with Crippen molar-refractivity contribution in [3.63, 3.8) is 0 Å². The fraction of sp³-hybridized carbons (Fsp3) is 0.444. The van der Waals surface area contributed by atoms with Crippen LogP contribution in [0.3, 0.4) is 0 Å². The highest BCUT2D eigenvalue weighted by molar-refractivity contribution is 5.84. The number of cyclic esters (lactones) is 1. The molecule has 0 unspecified atom stereocenters. The first kappa shape index (κ1) is 22.1. The normalized spacial score (nSPS) is 25.0.